The van der Waals surface area contributed by atoms with Crippen LogP contribution in [0.25, 0.3) is 22.8 Å². The molecule has 19 heavy (non-hydrogen) atoms. The normalized spacial score (nSPS) is 10.6. The maximum absolute atomic E-state index is 5.68. The van der Waals surface area contributed by atoms with Crippen LogP contribution >= 0.6 is 0 Å². The Bertz CT molecular complexity index is 722. The lowest BCUT2D eigenvalue weighted by molar-refractivity contribution is 0.432. The maximum Gasteiger partial charge on any atom is 0.259 e. The summed E-state index contributed by atoms with van der Waals surface area (Å²) in [7, 11) is 0. The molecule has 0 unspecified atom stereocenters. The van der Waals surface area contributed by atoms with E-state index in [1.807, 2.05) is 13.0 Å². The number of nitrogens with two attached hydrogens (primary N) is 1. The van der Waals surface area contributed by atoms with Crippen LogP contribution in [-0.2, 0) is 0 Å². The second-order valence-electron chi connectivity index (χ2n) is 4.12. The van der Waals surface area contributed by atoms with Crippen molar-refractivity contribution in [3.63, 3.8) is 0 Å². The summed E-state index contributed by atoms with van der Waals surface area (Å²) in [4.78, 5) is 12.4. The molecule has 0 amide bonds. The van der Waals surface area contributed by atoms with Crippen molar-refractivity contribution in [2.24, 2.45) is 0 Å². The van der Waals surface area contributed by atoms with Crippen LogP contribution < -0.4 is 5.73 Å². The summed E-state index contributed by atoms with van der Waals surface area (Å²) >= 11 is 0. The average Bonchev–Trinajstić information content (AvgIpc) is 2.89. The topological polar surface area (TPSA) is 90.7 Å². The van der Waals surface area contributed by atoms with Gasteiger partial charge >= 0.3 is 0 Å². The predicted octanol–water partition coefficient (Wildman–Crippen LogP) is 2.08. The zero-order valence-electron chi connectivity index (χ0n) is 10.2. The van der Waals surface area contributed by atoms with Gasteiger partial charge in [0.2, 0.25) is 5.82 Å². The number of aromatic nitrogens is 4. The van der Waals surface area contributed by atoms with Crippen molar-refractivity contribution in [1.82, 2.24) is 20.1 Å². The third kappa shape index (κ3) is 2.15. The minimum absolute atomic E-state index is 0.394. The standard InChI is InChI=1S/C13H11N5O/c1-8-5-15-3-2-11(8)12-17-13(19-18-12)9-4-10(14)7-16-6-9/h2-7H,14H2,1H3. The Morgan fingerprint density at radius 3 is 2.84 bits per heavy atom. The second-order valence-corrected chi connectivity index (χ2v) is 4.12. The van der Waals surface area contributed by atoms with Crippen molar-refractivity contribution in [1.29, 1.82) is 0 Å². The molecule has 0 aliphatic rings. The molecule has 6 heteroatoms. The molecule has 3 rings (SSSR count). The number of nitrogens with zero attached hydrogens (tertiary/aromatic N) is 4. The lowest BCUT2D eigenvalue weighted by atomic mass is 10.1. The summed E-state index contributed by atoms with van der Waals surface area (Å²) in [5.74, 6) is 0.920. The van der Waals surface area contributed by atoms with Gasteiger partial charge < -0.3 is 10.3 Å². The summed E-state index contributed by atoms with van der Waals surface area (Å²) < 4.78 is 5.24. The van der Waals surface area contributed by atoms with E-state index in [9.17, 15) is 0 Å². The molecule has 0 fully saturated rings. The van der Waals surface area contributed by atoms with Crippen LogP contribution in [-0.4, -0.2) is 20.1 Å². The fourth-order valence-corrected chi connectivity index (χ4v) is 1.75. The number of nitrogen functional groups attached to an aromatic ring is 1. The van der Waals surface area contributed by atoms with Crippen molar-refractivity contribution in [2.45, 2.75) is 6.92 Å². The molecule has 6 nitrogen and oxygen atoms in total. The van der Waals surface area contributed by atoms with Gasteiger partial charge in [-0.05, 0) is 24.6 Å². The van der Waals surface area contributed by atoms with Crippen LogP contribution in [0.2, 0.25) is 0 Å². The van der Waals surface area contributed by atoms with Crippen LogP contribution in [0.5, 0.6) is 0 Å². The highest BCUT2D eigenvalue weighted by Gasteiger charge is 2.12. The summed E-state index contributed by atoms with van der Waals surface area (Å²) in [6.45, 7) is 1.94. The molecule has 0 aliphatic heterocycles. The van der Waals surface area contributed by atoms with Gasteiger partial charge in [-0.2, -0.15) is 4.98 Å². The molecule has 3 aromatic heterocycles. The quantitative estimate of drug-likeness (QED) is 0.751. The number of hydrogen-bond acceptors (Lipinski definition) is 6. The van der Waals surface area contributed by atoms with Gasteiger partial charge in [0.05, 0.1) is 11.3 Å². The van der Waals surface area contributed by atoms with Gasteiger partial charge in [0.25, 0.3) is 5.89 Å². The van der Waals surface area contributed by atoms with E-state index >= 15 is 0 Å². The molecule has 3 heterocycles. The molecule has 0 saturated heterocycles. The number of rotatable bonds is 2. The smallest absolute Gasteiger partial charge is 0.259 e. The number of anilines is 1. The molecule has 3 aromatic rings. The van der Waals surface area contributed by atoms with Crippen LogP contribution in [0.15, 0.2) is 41.4 Å². The largest absolute Gasteiger partial charge is 0.397 e. The molecular formula is C13H11N5O. The third-order valence-electron chi connectivity index (χ3n) is 2.69. The number of pyridine rings is 2. The highest BCUT2D eigenvalue weighted by molar-refractivity contribution is 5.63. The molecule has 94 valence electrons. The fraction of sp³-hybridized carbons (Fsp3) is 0.0769. The summed E-state index contributed by atoms with van der Waals surface area (Å²) in [6.07, 6.45) is 6.65. The fourth-order valence-electron chi connectivity index (χ4n) is 1.75. The van der Waals surface area contributed by atoms with Crippen molar-refractivity contribution < 1.29 is 4.52 Å². The molecular weight excluding hydrogens is 242 g/mol. The van der Waals surface area contributed by atoms with Crippen molar-refractivity contribution in [3.8, 4) is 22.8 Å². The Kier molecular flexibility index (Phi) is 2.68. The molecule has 0 aliphatic carbocycles. The van der Waals surface area contributed by atoms with E-state index in [-0.39, 0.29) is 0 Å². The summed E-state index contributed by atoms with van der Waals surface area (Å²) in [5.41, 5.74) is 8.81. The first kappa shape index (κ1) is 11.3. The Morgan fingerprint density at radius 2 is 2.05 bits per heavy atom. The number of hydrogen-bond donors (Lipinski definition) is 1. The third-order valence-corrected chi connectivity index (χ3v) is 2.69. The molecule has 2 N–H and O–H groups in total. The second kappa shape index (κ2) is 4.49. The number of aryl methyl sites for hydroxylation is 1. The molecule has 0 atom stereocenters. The van der Waals surface area contributed by atoms with Crippen LogP contribution in [0, 0.1) is 6.92 Å². The van der Waals surface area contributed by atoms with Crippen molar-refractivity contribution >= 4 is 5.69 Å². The Hall–Kier alpha value is -2.76. The van der Waals surface area contributed by atoms with Gasteiger partial charge in [-0.1, -0.05) is 5.16 Å². The van der Waals surface area contributed by atoms with E-state index in [0.717, 1.165) is 11.1 Å². The Balaban J connectivity index is 2.03. The molecule has 0 aromatic carbocycles. The van der Waals surface area contributed by atoms with E-state index in [4.69, 9.17) is 10.3 Å². The van der Waals surface area contributed by atoms with E-state index in [2.05, 4.69) is 20.1 Å². The highest BCUT2D eigenvalue weighted by Crippen LogP contribution is 2.24. The SMILES string of the molecule is Cc1cnccc1-c1noc(-c2cncc(N)c2)n1. The molecule has 0 saturated carbocycles. The molecule has 0 radical (unpaired) electrons. The predicted molar refractivity (Wildman–Crippen MR) is 69.9 cm³/mol. The molecule has 0 spiro atoms. The van der Waals surface area contributed by atoms with Crippen LogP contribution in [0.1, 0.15) is 5.56 Å². The van der Waals surface area contributed by atoms with Gasteiger partial charge in [0.15, 0.2) is 0 Å². The zero-order chi connectivity index (χ0) is 13.2. The lowest BCUT2D eigenvalue weighted by Crippen LogP contribution is -1.88. The first-order valence-electron chi connectivity index (χ1n) is 5.69. The molecule has 0 bridgehead atoms. The van der Waals surface area contributed by atoms with E-state index in [1.54, 1.807) is 30.9 Å². The van der Waals surface area contributed by atoms with Crippen molar-refractivity contribution in [2.75, 3.05) is 5.73 Å². The zero-order valence-corrected chi connectivity index (χ0v) is 10.2. The average molecular weight is 253 g/mol. The summed E-state index contributed by atoms with van der Waals surface area (Å²) in [5, 5.41) is 3.97. The van der Waals surface area contributed by atoms with Crippen LogP contribution in [0.4, 0.5) is 5.69 Å². The summed E-state index contributed by atoms with van der Waals surface area (Å²) in [6, 6.07) is 3.59. The van der Waals surface area contributed by atoms with Gasteiger partial charge in [-0.25, -0.2) is 0 Å². The van der Waals surface area contributed by atoms with E-state index in [0.29, 0.717) is 23.0 Å². The first-order chi connectivity index (χ1) is 9.24. The Morgan fingerprint density at radius 1 is 1.16 bits per heavy atom. The van der Waals surface area contributed by atoms with Crippen LogP contribution in [0.3, 0.4) is 0 Å². The van der Waals surface area contributed by atoms with Crippen molar-refractivity contribution in [3.05, 3.63) is 42.5 Å². The van der Waals surface area contributed by atoms with Gasteiger partial charge in [-0.3, -0.25) is 9.97 Å². The monoisotopic (exact) mass is 253 g/mol. The highest BCUT2D eigenvalue weighted by atomic mass is 16.5. The Labute approximate surface area is 109 Å². The minimum Gasteiger partial charge on any atom is -0.397 e. The van der Waals surface area contributed by atoms with Gasteiger partial charge in [-0.15, -0.1) is 0 Å². The van der Waals surface area contributed by atoms with Gasteiger partial charge in [0.1, 0.15) is 0 Å². The van der Waals surface area contributed by atoms with E-state index in [1.165, 1.54) is 0 Å². The first-order valence-corrected chi connectivity index (χ1v) is 5.69. The van der Waals surface area contributed by atoms with Gasteiger partial charge in [0, 0.05) is 30.4 Å². The maximum atomic E-state index is 5.68. The lowest BCUT2D eigenvalue weighted by Gasteiger charge is -1.97. The van der Waals surface area contributed by atoms with E-state index < -0.39 is 0 Å². The minimum atomic E-state index is 0.394.